The van der Waals surface area contributed by atoms with E-state index in [1.165, 1.54) is 40.7 Å². The Morgan fingerprint density at radius 2 is 1.55 bits per heavy atom. The van der Waals surface area contributed by atoms with Gasteiger partial charge in [0.05, 0.1) is 37.9 Å². The Kier molecular flexibility index (Phi) is 6.77. The Morgan fingerprint density at radius 3 is 2.14 bits per heavy atom. The van der Waals surface area contributed by atoms with Crippen LogP contribution in [0, 0.1) is 0 Å². The number of halogens is 3. The third-order valence-corrected chi connectivity index (χ3v) is 7.28. The molecule has 1 fully saturated rings. The molecule has 1 N–H and O–H groups in total. The predicted octanol–water partition coefficient (Wildman–Crippen LogP) is 4.70. The van der Waals surface area contributed by atoms with Crippen molar-refractivity contribution in [1.29, 1.82) is 0 Å². The van der Waals surface area contributed by atoms with Crippen molar-refractivity contribution in [3.63, 3.8) is 0 Å². The number of amides is 1. The zero-order valence-corrected chi connectivity index (χ0v) is 18.7. The third-order valence-electron chi connectivity index (χ3n) is 4.40. The normalized spacial score (nSPS) is 20.4. The molecule has 0 aliphatic carbocycles. The minimum atomic E-state index is -3.68. The summed E-state index contributed by atoms with van der Waals surface area (Å²) in [6.45, 7) is 4.23. The molecule has 3 rings (SSSR count). The van der Waals surface area contributed by atoms with E-state index in [0.29, 0.717) is 5.69 Å². The van der Waals surface area contributed by atoms with Gasteiger partial charge in [-0.15, -0.1) is 0 Å². The van der Waals surface area contributed by atoms with Gasteiger partial charge in [-0.2, -0.15) is 4.31 Å². The fourth-order valence-electron chi connectivity index (χ4n) is 3.07. The van der Waals surface area contributed by atoms with Crippen LogP contribution >= 0.6 is 34.8 Å². The molecule has 0 saturated carbocycles. The molecule has 1 saturated heterocycles. The minimum absolute atomic E-state index is 0.114. The average molecular weight is 478 g/mol. The van der Waals surface area contributed by atoms with Crippen molar-refractivity contribution < 1.29 is 17.9 Å². The van der Waals surface area contributed by atoms with Crippen molar-refractivity contribution in [2.75, 3.05) is 18.4 Å². The van der Waals surface area contributed by atoms with Crippen LogP contribution in [0.2, 0.25) is 15.1 Å². The topological polar surface area (TPSA) is 75.7 Å². The Hall–Kier alpha value is -1.35. The summed E-state index contributed by atoms with van der Waals surface area (Å²) in [5.41, 5.74) is 0.578. The lowest BCUT2D eigenvalue weighted by Crippen LogP contribution is -2.48. The molecule has 1 aliphatic rings. The maximum atomic E-state index is 12.9. The molecule has 156 valence electrons. The molecule has 0 spiro atoms. The van der Waals surface area contributed by atoms with Crippen LogP contribution in [0.15, 0.2) is 41.3 Å². The second-order valence-electron chi connectivity index (χ2n) is 6.80. The van der Waals surface area contributed by atoms with E-state index in [-0.39, 0.29) is 50.8 Å². The molecule has 1 aliphatic heterocycles. The fraction of sp³-hybridized carbons (Fsp3) is 0.316. The van der Waals surface area contributed by atoms with Crippen molar-refractivity contribution in [2.24, 2.45) is 0 Å². The Labute approximate surface area is 184 Å². The molecule has 0 aromatic heterocycles. The van der Waals surface area contributed by atoms with E-state index >= 15 is 0 Å². The monoisotopic (exact) mass is 476 g/mol. The minimum Gasteiger partial charge on any atom is -0.373 e. The first-order valence-electron chi connectivity index (χ1n) is 8.79. The maximum Gasteiger partial charge on any atom is 0.255 e. The third kappa shape index (κ3) is 5.05. The number of ether oxygens (including phenoxy) is 1. The summed E-state index contributed by atoms with van der Waals surface area (Å²) in [6, 6.07) is 8.59. The number of carbonyl (C=O) groups excluding carboxylic acids is 1. The Balaban J connectivity index is 1.77. The first-order chi connectivity index (χ1) is 13.6. The highest BCUT2D eigenvalue weighted by Gasteiger charge is 2.32. The van der Waals surface area contributed by atoms with Crippen LogP contribution in [-0.4, -0.2) is 43.9 Å². The molecule has 2 atom stereocenters. The standard InChI is InChI=1S/C19H19Cl3N2O4S/c1-11-9-24(10-12(2)28-11)29(26,27)14-5-3-13(4-6-14)19(25)23-18-8-16(21)15(20)7-17(18)22/h3-8,11-12H,9-10H2,1-2H3,(H,23,25)/t11-,12-/m0/s1. The molecule has 0 bridgehead atoms. The molecule has 0 radical (unpaired) electrons. The summed E-state index contributed by atoms with van der Waals surface area (Å²) < 4.78 is 32.8. The van der Waals surface area contributed by atoms with E-state index in [1.807, 2.05) is 13.8 Å². The van der Waals surface area contributed by atoms with Crippen molar-refractivity contribution in [2.45, 2.75) is 31.0 Å². The van der Waals surface area contributed by atoms with Gasteiger partial charge in [0.25, 0.3) is 5.91 Å². The van der Waals surface area contributed by atoms with Gasteiger partial charge in [-0.25, -0.2) is 8.42 Å². The Bertz CT molecular complexity index is 1020. The number of sulfonamides is 1. The highest BCUT2D eigenvalue weighted by Crippen LogP contribution is 2.32. The van der Waals surface area contributed by atoms with Crippen LogP contribution in [0.5, 0.6) is 0 Å². The van der Waals surface area contributed by atoms with Gasteiger partial charge in [0.1, 0.15) is 0 Å². The lowest BCUT2D eigenvalue weighted by molar-refractivity contribution is -0.0440. The zero-order chi connectivity index (χ0) is 21.3. The van der Waals surface area contributed by atoms with Gasteiger partial charge in [0.2, 0.25) is 10.0 Å². The van der Waals surface area contributed by atoms with Crippen LogP contribution in [-0.2, 0) is 14.8 Å². The average Bonchev–Trinajstić information content (AvgIpc) is 2.65. The van der Waals surface area contributed by atoms with Crippen LogP contribution in [0.25, 0.3) is 0 Å². The van der Waals surface area contributed by atoms with Crippen LogP contribution in [0.3, 0.4) is 0 Å². The second kappa shape index (κ2) is 8.79. The van der Waals surface area contributed by atoms with E-state index in [9.17, 15) is 13.2 Å². The molecular formula is C19H19Cl3N2O4S. The number of hydrogen-bond donors (Lipinski definition) is 1. The van der Waals surface area contributed by atoms with Gasteiger partial charge in [-0.1, -0.05) is 34.8 Å². The summed E-state index contributed by atoms with van der Waals surface area (Å²) in [6.07, 6.45) is -0.371. The number of benzene rings is 2. The maximum absolute atomic E-state index is 12.9. The van der Waals surface area contributed by atoms with E-state index in [0.717, 1.165) is 0 Å². The number of hydrogen-bond acceptors (Lipinski definition) is 4. The SMILES string of the molecule is C[C@H]1CN(S(=O)(=O)c2ccc(C(=O)Nc3cc(Cl)c(Cl)cc3Cl)cc2)C[C@H](C)O1. The number of anilines is 1. The van der Waals surface area contributed by atoms with E-state index in [2.05, 4.69) is 5.32 Å². The Morgan fingerprint density at radius 1 is 1.00 bits per heavy atom. The van der Waals surface area contributed by atoms with Gasteiger partial charge in [-0.3, -0.25) is 4.79 Å². The van der Waals surface area contributed by atoms with Crippen molar-refractivity contribution in [1.82, 2.24) is 4.31 Å². The number of rotatable bonds is 4. The summed E-state index contributed by atoms with van der Waals surface area (Å²) in [5, 5.41) is 3.40. The largest absolute Gasteiger partial charge is 0.373 e. The molecule has 6 nitrogen and oxygen atoms in total. The number of morpholine rings is 1. The molecule has 1 heterocycles. The van der Waals surface area contributed by atoms with Gasteiger partial charge >= 0.3 is 0 Å². The summed E-state index contributed by atoms with van der Waals surface area (Å²) in [5.74, 6) is -0.456. The molecule has 1 amide bonds. The van der Waals surface area contributed by atoms with E-state index in [4.69, 9.17) is 39.5 Å². The summed E-state index contributed by atoms with van der Waals surface area (Å²) in [4.78, 5) is 12.6. The van der Waals surface area contributed by atoms with Crippen LogP contribution in [0.1, 0.15) is 24.2 Å². The van der Waals surface area contributed by atoms with Gasteiger partial charge in [-0.05, 0) is 50.2 Å². The van der Waals surface area contributed by atoms with Gasteiger partial charge < -0.3 is 10.1 Å². The fourth-order valence-corrected chi connectivity index (χ4v) is 5.25. The quantitative estimate of drug-likeness (QED) is 0.648. The van der Waals surface area contributed by atoms with Crippen molar-refractivity contribution in [3.05, 3.63) is 57.0 Å². The molecule has 0 unspecified atom stereocenters. The number of carbonyl (C=O) groups is 1. The summed E-state index contributed by atoms with van der Waals surface area (Å²) >= 11 is 17.9. The van der Waals surface area contributed by atoms with Gasteiger partial charge in [0, 0.05) is 18.7 Å². The number of nitrogens with zero attached hydrogens (tertiary/aromatic N) is 1. The lowest BCUT2D eigenvalue weighted by Gasteiger charge is -2.34. The highest BCUT2D eigenvalue weighted by molar-refractivity contribution is 7.89. The first-order valence-corrected chi connectivity index (χ1v) is 11.4. The molecule has 2 aromatic carbocycles. The van der Waals surface area contributed by atoms with Crippen molar-refractivity contribution in [3.8, 4) is 0 Å². The predicted molar refractivity (Wildman–Crippen MR) is 115 cm³/mol. The van der Waals surface area contributed by atoms with Crippen molar-refractivity contribution >= 4 is 56.4 Å². The van der Waals surface area contributed by atoms with Crippen LogP contribution < -0.4 is 5.32 Å². The highest BCUT2D eigenvalue weighted by atomic mass is 35.5. The molecule has 29 heavy (non-hydrogen) atoms. The number of nitrogens with one attached hydrogen (secondary N) is 1. The van der Waals surface area contributed by atoms with Gasteiger partial charge in [0.15, 0.2) is 0 Å². The molecule has 10 heteroatoms. The zero-order valence-electron chi connectivity index (χ0n) is 15.7. The smallest absolute Gasteiger partial charge is 0.255 e. The first kappa shape index (κ1) is 22.3. The second-order valence-corrected chi connectivity index (χ2v) is 9.96. The van der Waals surface area contributed by atoms with E-state index in [1.54, 1.807) is 0 Å². The van der Waals surface area contributed by atoms with E-state index < -0.39 is 15.9 Å². The molecular weight excluding hydrogens is 459 g/mol. The van der Waals surface area contributed by atoms with Crippen LogP contribution in [0.4, 0.5) is 5.69 Å². The molecule has 2 aromatic rings. The summed E-state index contributed by atoms with van der Waals surface area (Å²) in [7, 11) is -3.68. The lowest BCUT2D eigenvalue weighted by atomic mass is 10.2.